The van der Waals surface area contributed by atoms with Crippen molar-refractivity contribution in [2.45, 2.75) is 19.1 Å². The molecule has 0 unspecified atom stereocenters. The van der Waals surface area contributed by atoms with Gasteiger partial charge >= 0.3 is 0 Å². The van der Waals surface area contributed by atoms with Crippen molar-refractivity contribution in [3.63, 3.8) is 0 Å². The normalized spacial score (nSPS) is 18.9. The number of aryl methyl sites for hydroxylation is 1. The number of aromatic nitrogens is 5. The minimum absolute atomic E-state index is 0.152. The molecule has 3 aromatic heterocycles. The van der Waals surface area contributed by atoms with Crippen molar-refractivity contribution < 1.29 is 13.9 Å². The summed E-state index contributed by atoms with van der Waals surface area (Å²) in [6.07, 6.45) is 5.39. The van der Waals surface area contributed by atoms with E-state index in [1.54, 1.807) is 18.3 Å². The third kappa shape index (κ3) is 3.89. The fourth-order valence-electron chi connectivity index (χ4n) is 4.29. The summed E-state index contributed by atoms with van der Waals surface area (Å²) in [4.78, 5) is 16.1. The number of fused-ring (bicyclic) bond motifs is 1. The van der Waals surface area contributed by atoms with Crippen LogP contribution in [0.25, 0.3) is 22.3 Å². The van der Waals surface area contributed by atoms with Crippen LogP contribution in [0.3, 0.4) is 0 Å². The Kier molecular flexibility index (Phi) is 5.40. The minimum Gasteiger partial charge on any atom is -0.377 e. The largest absolute Gasteiger partial charge is 0.377 e. The van der Waals surface area contributed by atoms with Gasteiger partial charge in [-0.15, -0.1) is 0 Å². The molecule has 0 saturated carbocycles. The number of anilines is 1. The molecule has 1 atom stereocenters. The van der Waals surface area contributed by atoms with Crippen molar-refractivity contribution in [2.24, 2.45) is 0 Å². The molecular formula is C24H22ClFN6O2. The fourth-order valence-corrected chi connectivity index (χ4v) is 4.44. The Bertz CT molecular complexity index is 1380. The van der Waals surface area contributed by atoms with E-state index in [4.69, 9.17) is 26.1 Å². The van der Waals surface area contributed by atoms with Gasteiger partial charge in [-0.25, -0.2) is 14.4 Å². The van der Waals surface area contributed by atoms with Gasteiger partial charge in [-0.3, -0.25) is 9.67 Å². The van der Waals surface area contributed by atoms with Crippen LogP contribution in [0.1, 0.15) is 23.4 Å². The number of nitrogens with zero attached hydrogens (tertiary/aromatic N) is 6. The van der Waals surface area contributed by atoms with Gasteiger partial charge in [-0.1, -0.05) is 11.6 Å². The highest BCUT2D eigenvalue weighted by molar-refractivity contribution is 6.30. The number of rotatable bonds is 4. The van der Waals surface area contributed by atoms with Crippen molar-refractivity contribution in [1.29, 1.82) is 0 Å². The standard InChI is InChI=1S/C24H22ClFN6O2/c1-14-8-27-24-20(29-14)7-22(30-23(24)18-3-2-16(25)6-19(18)26)31-4-5-34-21(11-31)15-9-28-32(10-15)17-12-33-13-17/h2-3,6-10,17,21H,4-5,11-13H2,1H3/t21-/m1/s1. The smallest absolute Gasteiger partial charge is 0.134 e. The molecule has 34 heavy (non-hydrogen) atoms. The summed E-state index contributed by atoms with van der Waals surface area (Å²) < 4.78 is 28.1. The highest BCUT2D eigenvalue weighted by Crippen LogP contribution is 2.33. The molecule has 0 radical (unpaired) electrons. The van der Waals surface area contributed by atoms with Crippen LogP contribution in [-0.2, 0) is 9.47 Å². The first-order chi connectivity index (χ1) is 16.5. The first-order valence-electron chi connectivity index (χ1n) is 11.1. The summed E-state index contributed by atoms with van der Waals surface area (Å²) in [5.74, 6) is 0.248. The van der Waals surface area contributed by atoms with E-state index in [0.29, 0.717) is 66.0 Å². The molecule has 2 aliphatic rings. The van der Waals surface area contributed by atoms with Gasteiger partial charge in [0.05, 0.1) is 43.3 Å². The number of morpholine rings is 1. The van der Waals surface area contributed by atoms with Crippen LogP contribution in [-0.4, -0.2) is 57.6 Å². The van der Waals surface area contributed by atoms with Crippen molar-refractivity contribution >= 4 is 28.5 Å². The quantitative estimate of drug-likeness (QED) is 0.434. The Balaban J connectivity index is 1.37. The zero-order chi connectivity index (χ0) is 23.2. The second-order valence-electron chi connectivity index (χ2n) is 8.58. The van der Waals surface area contributed by atoms with E-state index in [2.05, 4.69) is 20.0 Å². The Hall–Kier alpha value is -3.14. The molecule has 6 rings (SSSR count). The first-order valence-corrected chi connectivity index (χ1v) is 11.5. The fraction of sp³-hybridized carbons (Fsp3) is 0.333. The van der Waals surface area contributed by atoms with Crippen LogP contribution in [0, 0.1) is 12.7 Å². The van der Waals surface area contributed by atoms with Gasteiger partial charge in [-0.2, -0.15) is 5.10 Å². The van der Waals surface area contributed by atoms with Crippen molar-refractivity contribution in [1.82, 2.24) is 24.7 Å². The van der Waals surface area contributed by atoms with Crippen molar-refractivity contribution in [3.05, 3.63) is 65.0 Å². The maximum Gasteiger partial charge on any atom is 0.134 e. The average molecular weight is 481 g/mol. The number of halogens is 2. The molecule has 0 N–H and O–H groups in total. The number of pyridine rings is 1. The van der Waals surface area contributed by atoms with Gasteiger partial charge < -0.3 is 14.4 Å². The molecule has 174 valence electrons. The third-order valence-electron chi connectivity index (χ3n) is 6.20. The second-order valence-corrected chi connectivity index (χ2v) is 9.02. The molecule has 2 aliphatic heterocycles. The molecule has 4 aromatic rings. The average Bonchev–Trinajstić information content (AvgIpc) is 3.27. The molecule has 0 spiro atoms. The van der Waals surface area contributed by atoms with Crippen LogP contribution in [0.15, 0.2) is 42.9 Å². The van der Waals surface area contributed by atoms with Crippen molar-refractivity contribution in [2.75, 3.05) is 37.8 Å². The Morgan fingerprint density at radius 1 is 1.15 bits per heavy atom. The lowest BCUT2D eigenvalue weighted by Gasteiger charge is -2.33. The molecule has 2 saturated heterocycles. The van der Waals surface area contributed by atoms with Crippen LogP contribution in [0.4, 0.5) is 10.2 Å². The second kappa shape index (κ2) is 8.57. The summed E-state index contributed by atoms with van der Waals surface area (Å²) in [6.45, 7) is 5.03. The summed E-state index contributed by atoms with van der Waals surface area (Å²) in [6, 6.07) is 6.76. The summed E-state index contributed by atoms with van der Waals surface area (Å²) >= 11 is 5.98. The molecule has 5 heterocycles. The van der Waals surface area contributed by atoms with Gasteiger partial charge in [0.2, 0.25) is 0 Å². The number of hydrogen-bond acceptors (Lipinski definition) is 7. The van der Waals surface area contributed by atoms with Crippen LogP contribution in [0.5, 0.6) is 0 Å². The van der Waals surface area contributed by atoms with E-state index in [1.165, 1.54) is 6.07 Å². The number of ether oxygens (including phenoxy) is 2. The maximum absolute atomic E-state index is 14.9. The van der Waals surface area contributed by atoms with Gasteiger partial charge in [0.25, 0.3) is 0 Å². The molecule has 0 amide bonds. The molecule has 8 nitrogen and oxygen atoms in total. The van der Waals surface area contributed by atoms with E-state index >= 15 is 0 Å². The van der Waals surface area contributed by atoms with E-state index < -0.39 is 5.82 Å². The highest BCUT2D eigenvalue weighted by atomic mass is 35.5. The predicted octanol–water partition coefficient (Wildman–Crippen LogP) is 4.14. The van der Waals surface area contributed by atoms with E-state index in [9.17, 15) is 4.39 Å². The first kappa shape index (κ1) is 21.4. The van der Waals surface area contributed by atoms with E-state index in [0.717, 1.165) is 11.3 Å². The maximum atomic E-state index is 14.9. The minimum atomic E-state index is -0.451. The lowest BCUT2D eigenvalue weighted by molar-refractivity contribution is -0.0288. The van der Waals surface area contributed by atoms with Gasteiger partial charge in [0, 0.05) is 47.7 Å². The molecule has 2 fully saturated rings. The molecular weight excluding hydrogens is 459 g/mol. The summed E-state index contributed by atoms with van der Waals surface area (Å²) in [5, 5.41) is 4.81. The molecule has 0 bridgehead atoms. The SMILES string of the molecule is Cc1cnc2c(-c3ccc(Cl)cc3F)nc(N3CCO[C@@H](c4cnn(C5COC5)c4)C3)cc2n1. The monoisotopic (exact) mass is 480 g/mol. The van der Waals surface area contributed by atoms with Crippen LogP contribution >= 0.6 is 11.6 Å². The van der Waals surface area contributed by atoms with Gasteiger partial charge in [-0.05, 0) is 25.1 Å². The van der Waals surface area contributed by atoms with Crippen LogP contribution in [0.2, 0.25) is 5.02 Å². The topological polar surface area (TPSA) is 78.2 Å². The Morgan fingerprint density at radius 2 is 2.03 bits per heavy atom. The van der Waals surface area contributed by atoms with Crippen LogP contribution < -0.4 is 4.90 Å². The van der Waals surface area contributed by atoms with Gasteiger partial charge in [0.15, 0.2) is 0 Å². The lowest BCUT2D eigenvalue weighted by atomic mass is 10.1. The summed E-state index contributed by atoms with van der Waals surface area (Å²) in [5.41, 5.74) is 3.77. The molecule has 10 heteroatoms. The summed E-state index contributed by atoms with van der Waals surface area (Å²) in [7, 11) is 0. The number of benzene rings is 1. The zero-order valence-electron chi connectivity index (χ0n) is 18.5. The zero-order valence-corrected chi connectivity index (χ0v) is 19.2. The highest BCUT2D eigenvalue weighted by Gasteiger charge is 2.28. The van der Waals surface area contributed by atoms with E-state index in [-0.39, 0.29) is 12.1 Å². The van der Waals surface area contributed by atoms with E-state index in [1.807, 2.05) is 30.1 Å². The lowest BCUT2D eigenvalue weighted by Crippen LogP contribution is -2.39. The predicted molar refractivity (Wildman–Crippen MR) is 125 cm³/mol. The van der Waals surface area contributed by atoms with Gasteiger partial charge in [0.1, 0.15) is 28.9 Å². The molecule has 1 aromatic carbocycles. The third-order valence-corrected chi connectivity index (χ3v) is 6.44. The van der Waals surface area contributed by atoms with Crippen molar-refractivity contribution in [3.8, 4) is 11.3 Å². The number of hydrogen-bond donors (Lipinski definition) is 0. The Labute approximate surface area is 200 Å². The molecule has 0 aliphatic carbocycles. The Morgan fingerprint density at radius 3 is 2.82 bits per heavy atom.